The average Bonchev–Trinajstić information content (AvgIpc) is 2.62. The lowest BCUT2D eigenvalue weighted by molar-refractivity contribution is -0.0386. The first-order valence-electron chi connectivity index (χ1n) is 7.65. The van der Waals surface area contributed by atoms with Crippen molar-refractivity contribution in [3.05, 3.63) is 0 Å². The van der Waals surface area contributed by atoms with Crippen LogP contribution in [-0.4, -0.2) is 48.3 Å². The largest absolute Gasteiger partial charge is 0.371 e. The summed E-state index contributed by atoms with van der Waals surface area (Å²) < 4.78 is 6.15. The van der Waals surface area contributed by atoms with E-state index in [1.54, 1.807) is 0 Å². The highest BCUT2D eigenvalue weighted by Crippen LogP contribution is 2.30. The number of rotatable bonds is 4. The average molecular weight is 254 g/mol. The maximum atomic E-state index is 6.15. The second kappa shape index (κ2) is 5.89. The zero-order chi connectivity index (χ0) is 13.2. The molecule has 0 amide bonds. The van der Waals surface area contributed by atoms with Gasteiger partial charge in [-0.3, -0.25) is 4.90 Å². The Morgan fingerprint density at radius 2 is 2.17 bits per heavy atom. The molecule has 0 bridgehead atoms. The van der Waals surface area contributed by atoms with Gasteiger partial charge in [0.05, 0.1) is 11.7 Å². The highest BCUT2D eigenvalue weighted by Gasteiger charge is 2.35. The van der Waals surface area contributed by atoms with E-state index in [0.29, 0.717) is 18.2 Å². The van der Waals surface area contributed by atoms with Gasteiger partial charge in [-0.15, -0.1) is 0 Å². The summed E-state index contributed by atoms with van der Waals surface area (Å²) in [6.07, 6.45) is 5.45. The zero-order valence-electron chi connectivity index (χ0n) is 12.5. The second-order valence-corrected chi connectivity index (χ2v) is 6.74. The van der Waals surface area contributed by atoms with Crippen LogP contribution in [0.4, 0.5) is 0 Å². The highest BCUT2D eigenvalue weighted by atomic mass is 16.5. The van der Waals surface area contributed by atoms with Crippen LogP contribution >= 0.6 is 0 Å². The van der Waals surface area contributed by atoms with Crippen molar-refractivity contribution in [2.75, 3.05) is 19.6 Å². The summed E-state index contributed by atoms with van der Waals surface area (Å²) in [5, 5.41) is 3.61. The zero-order valence-corrected chi connectivity index (χ0v) is 12.5. The molecule has 0 aliphatic carbocycles. The predicted octanol–water partition coefficient (Wildman–Crippen LogP) is 2.41. The Kier molecular flexibility index (Phi) is 4.68. The minimum Gasteiger partial charge on any atom is -0.371 e. The van der Waals surface area contributed by atoms with Gasteiger partial charge in [0.2, 0.25) is 0 Å². The maximum Gasteiger partial charge on any atom is 0.0710 e. The fourth-order valence-electron chi connectivity index (χ4n) is 3.34. The molecule has 2 fully saturated rings. The van der Waals surface area contributed by atoms with Gasteiger partial charge in [0.1, 0.15) is 0 Å². The van der Waals surface area contributed by atoms with Gasteiger partial charge in [-0.05, 0) is 40.0 Å². The van der Waals surface area contributed by atoms with Crippen LogP contribution in [0.3, 0.4) is 0 Å². The predicted molar refractivity (Wildman–Crippen MR) is 75.9 cm³/mol. The van der Waals surface area contributed by atoms with Gasteiger partial charge >= 0.3 is 0 Å². The molecule has 0 aromatic heterocycles. The van der Waals surface area contributed by atoms with E-state index in [4.69, 9.17) is 4.74 Å². The molecule has 18 heavy (non-hydrogen) atoms. The van der Waals surface area contributed by atoms with Crippen molar-refractivity contribution in [1.82, 2.24) is 10.2 Å². The SMILES string of the molecule is CCCC1CNC(C)CN1CC1CCC(C)(C)O1. The summed E-state index contributed by atoms with van der Waals surface area (Å²) in [5.41, 5.74) is 0.102. The number of ether oxygens (including phenoxy) is 1. The van der Waals surface area contributed by atoms with Gasteiger partial charge < -0.3 is 10.1 Å². The molecular weight excluding hydrogens is 224 g/mol. The summed E-state index contributed by atoms with van der Waals surface area (Å²) in [7, 11) is 0. The van der Waals surface area contributed by atoms with Gasteiger partial charge in [-0.1, -0.05) is 13.3 Å². The van der Waals surface area contributed by atoms with Crippen molar-refractivity contribution in [1.29, 1.82) is 0 Å². The van der Waals surface area contributed by atoms with Crippen molar-refractivity contribution >= 4 is 0 Å². The molecule has 1 N–H and O–H groups in total. The van der Waals surface area contributed by atoms with Crippen LogP contribution in [0, 0.1) is 0 Å². The molecule has 0 aromatic carbocycles. The summed E-state index contributed by atoms with van der Waals surface area (Å²) >= 11 is 0. The number of hydrogen-bond acceptors (Lipinski definition) is 3. The molecule has 3 atom stereocenters. The van der Waals surface area contributed by atoms with Crippen molar-refractivity contribution in [3.63, 3.8) is 0 Å². The van der Waals surface area contributed by atoms with E-state index in [9.17, 15) is 0 Å². The maximum absolute atomic E-state index is 6.15. The lowest BCUT2D eigenvalue weighted by atomic mass is 10.0. The van der Waals surface area contributed by atoms with Crippen LogP contribution in [0.15, 0.2) is 0 Å². The van der Waals surface area contributed by atoms with Crippen LogP contribution in [0.1, 0.15) is 53.4 Å². The molecule has 2 aliphatic rings. The summed E-state index contributed by atoms with van der Waals surface area (Å²) in [5.74, 6) is 0. The molecule has 3 nitrogen and oxygen atoms in total. The lowest BCUT2D eigenvalue weighted by Gasteiger charge is -2.40. The molecule has 0 aromatic rings. The first-order chi connectivity index (χ1) is 8.50. The molecule has 2 aliphatic heterocycles. The summed E-state index contributed by atoms with van der Waals surface area (Å²) in [6, 6.07) is 1.33. The molecule has 2 saturated heterocycles. The van der Waals surface area contributed by atoms with E-state index in [1.807, 2.05) is 0 Å². The van der Waals surface area contributed by atoms with Crippen molar-refractivity contribution < 1.29 is 4.74 Å². The minimum absolute atomic E-state index is 0.102. The molecule has 2 heterocycles. The third-order valence-electron chi connectivity index (χ3n) is 4.34. The van der Waals surface area contributed by atoms with Crippen LogP contribution in [-0.2, 0) is 4.74 Å². The monoisotopic (exact) mass is 254 g/mol. The molecule has 0 spiro atoms. The topological polar surface area (TPSA) is 24.5 Å². The fraction of sp³-hybridized carbons (Fsp3) is 1.00. The van der Waals surface area contributed by atoms with E-state index >= 15 is 0 Å². The Morgan fingerprint density at radius 3 is 2.78 bits per heavy atom. The number of nitrogens with one attached hydrogen (secondary N) is 1. The molecule has 3 unspecified atom stereocenters. The molecule has 3 heteroatoms. The van der Waals surface area contributed by atoms with E-state index in [2.05, 4.69) is 37.9 Å². The van der Waals surface area contributed by atoms with Gasteiger partial charge in [-0.25, -0.2) is 0 Å². The molecular formula is C15H30N2O. The first-order valence-corrected chi connectivity index (χ1v) is 7.65. The minimum atomic E-state index is 0.102. The molecule has 106 valence electrons. The van der Waals surface area contributed by atoms with Crippen molar-refractivity contribution in [2.45, 2.75) is 77.2 Å². The van der Waals surface area contributed by atoms with Crippen molar-refractivity contribution in [3.8, 4) is 0 Å². The third kappa shape index (κ3) is 3.69. The number of piperazine rings is 1. The highest BCUT2D eigenvalue weighted by molar-refractivity contribution is 4.88. The number of hydrogen-bond donors (Lipinski definition) is 1. The summed E-state index contributed by atoms with van der Waals surface area (Å²) in [6.45, 7) is 12.4. The Balaban J connectivity index is 1.88. The Labute approximate surface area is 112 Å². The normalized spacial score (nSPS) is 37.0. The second-order valence-electron chi connectivity index (χ2n) is 6.74. The van der Waals surface area contributed by atoms with Crippen molar-refractivity contribution in [2.24, 2.45) is 0 Å². The first kappa shape index (κ1) is 14.3. The lowest BCUT2D eigenvalue weighted by Crippen LogP contribution is -2.57. The van der Waals surface area contributed by atoms with Crippen LogP contribution < -0.4 is 5.32 Å². The summed E-state index contributed by atoms with van der Waals surface area (Å²) in [4.78, 5) is 2.66. The van der Waals surface area contributed by atoms with E-state index < -0.39 is 0 Å². The van der Waals surface area contributed by atoms with Gasteiger partial charge in [0, 0.05) is 31.7 Å². The van der Waals surface area contributed by atoms with Crippen LogP contribution in [0.2, 0.25) is 0 Å². The molecule has 0 saturated carbocycles. The van der Waals surface area contributed by atoms with Gasteiger partial charge in [0.15, 0.2) is 0 Å². The Bertz CT molecular complexity index is 267. The van der Waals surface area contributed by atoms with Gasteiger partial charge in [0.25, 0.3) is 0 Å². The Morgan fingerprint density at radius 1 is 1.39 bits per heavy atom. The Hall–Kier alpha value is -0.120. The molecule has 2 rings (SSSR count). The van der Waals surface area contributed by atoms with E-state index in [0.717, 1.165) is 13.1 Å². The van der Waals surface area contributed by atoms with E-state index in [1.165, 1.54) is 32.2 Å². The fourth-order valence-corrected chi connectivity index (χ4v) is 3.34. The number of nitrogens with zero attached hydrogens (tertiary/aromatic N) is 1. The standard InChI is InChI=1S/C15H30N2O/c1-5-6-13-9-16-12(2)10-17(13)11-14-7-8-15(3,4)18-14/h12-14,16H,5-11H2,1-4H3. The third-order valence-corrected chi connectivity index (χ3v) is 4.34. The van der Waals surface area contributed by atoms with Gasteiger partial charge in [-0.2, -0.15) is 0 Å². The quantitative estimate of drug-likeness (QED) is 0.834. The van der Waals surface area contributed by atoms with Crippen LogP contribution in [0.5, 0.6) is 0 Å². The molecule has 0 radical (unpaired) electrons. The smallest absolute Gasteiger partial charge is 0.0710 e. The van der Waals surface area contributed by atoms with Crippen LogP contribution in [0.25, 0.3) is 0 Å². The van der Waals surface area contributed by atoms with E-state index in [-0.39, 0.29) is 5.60 Å².